The van der Waals surface area contributed by atoms with Crippen molar-refractivity contribution in [2.24, 2.45) is 5.41 Å². The van der Waals surface area contributed by atoms with E-state index in [0.29, 0.717) is 5.56 Å². The van der Waals surface area contributed by atoms with Gasteiger partial charge in [0.1, 0.15) is 5.75 Å². The van der Waals surface area contributed by atoms with Crippen LogP contribution in [0.1, 0.15) is 32.4 Å². The Hall–Kier alpha value is -2.04. The normalized spacial score (nSPS) is 12.6. The van der Waals surface area contributed by atoms with Gasteiger partial charge in [-0.3, -0.25) is 4.79 Å². The minimum absolute atomic E-state index is 0.0921. The number of benzene rings is 1. The Morgan fingerprint density at radius 1 is 1.21 bits per heavy atom. The minimum atomic E-state index is -0.877. The second-order valence-electron chi connectivity index (χ2n) is 5.27. The summed E-state index contributed by atoms with van der Waals surface area (Å²) >= 11 is 0. The monoisotopic (exact) mass is 265 g/mol. The highest BCUT2D eigenvalue weighted by molar-refractivity contribution is 5.88. The van der Waals surface area contributed by atoms with Crippen molar-refractivity contribution in [2.45, 2.75) is 26.8 Å². The molecule has 0 aliphatic heterocycles. The lowest BCUT2D eigenvalue weighted by Crippen LogP contribution is -2.40. The molecule has 0 unspecified atom stereocenters. The quantitative estimate of drug-likeness (QED) is 0.817. The van der Waals surface area contributed by atoms with Gasteiger partial charge in [0.15, 0.2) is 6.04 Å². The van der Waals surface area contributed by atoms with Crippen molar-refractivity contribution in [3.8, 4) is 5.75 Å². The van der Waals surface area contributed by atoms with Crippen molar-refractivity contribution >= 4 is 11.9 Å². The Kier molecular flexibility index (Phi) is 4.53. The Morgan fingerprint density at radius 3 is 2.16 bits per heavy atom. The van der Waals surface area contributed by atoms with E-state index in [1.165, 1.54) is 19.2 Å². The highest BCUT2D eigenvalue weighted by atomic mass is 16.5. The van der Waals surface area contributed by atoms with Crippen LogP contribution in [0, 0.1) is 5.41 Å². The van der Waals surface area contributed by atoms with E-state index in [9.17, 15) is 14.7 Å². The third-order valence-electron chi connectivity index (χ3n) is 2.62. The van der Waals surface area contributed by atoms with Crippen LogP contribution in [0.15, 0.2) is 24.3 Å². The summed E-state index contributed by atoms with van der Waals surface area (Å²) in [5.74, 6) is -0.714. The first-order valence-electron chi connectivity index (χ1n) is 5.93. The largest absolute Gasteiger partial charge is 0.508 e. The third-order valence-corrected chi connectivity index (χ3v) is 2.62. The van der Waals surface area contributed by atoms with Crippen molar-refractivity contribution < 1.29 is 19.4 Å². The summed E-state index contributed by atoms with van der Waals surface area (Å²) in [4.78, 5) is 23.7. The first kappa shape index (κ1) is 15.0. The van der Waals surface area contributed by atoms with Crippen LogP contribution in [0.4, 0.5) is 0 Å². The molecule has 5 heteroatoms. The molecule has 19 heavy (non-hydrogen) atoms. The summed E-state index contributed by atoms with van der Waals surface area (Å²) in [5.41, 5.74) is -0.0503. The Morgan fingerprint density at radius 2 is 1.74 bits per heavy atom. The molecule has 2 N–H and O–H groups in total. The number of rotatable bonds is 3. The van der Waals surface area contributed by atoms with Gasteiger partial charge in [-0.2, -0.15) is 0 Å². The third kappa shape index (κ3) is 3.98. The number of hydrogen-bond donors (Lipinski definition) is 2. The maximum absolute atomic E-state index is 12.0. The Balaban J connectivity index is 2.99. The standard InChI is InChI=1S/C14H19NO4/c1-14(2,3)13(18)15-11(12(17)19-4)9-5-7-10(16)8-6-9/h5-8,11,16H,1-4H3,(H,15,18)/t11-/m1/s1. The molecule has 0 saturated heterocycles. The fraction of sp³-hybridized carbons (Fsp3) is 0.429. The van der Waals surface area contributed by atoms with E-state index in [4.69, 9.17) is 4.74 Å². The highest BCUT2D eigenvalue weighted by Gasteiger charge is 2.29. The fourth-order valence-electron chi connectivity index (χ4n) is 1.41. The molecular formula is C14H19NO4. The molecule has 0 spiro atoms. The fourth-order valence-corrected chi connectivity index (χ4v) is 1.41. The molecule has 0 radical (unpaired) electrons. The second kappa shape index (κ2) is 5.73. The van der Waals surface area contributed by atoms with Crippen LogP contribution in [0.3, 0.4) is 0 Å². The van der Waals surface area contributed by atoms with Crippen LogP contribution in [0.2, 0.25) is 0 Å². The van der Waals surface area contributed by atoms with Gasteiger partial charge in [-0.25, -0.2) is 4.79 Å². The molecule has 0 saturated carbocycles. The molecule has 0 fully saturated rings. The van der Waals surface area contributed by atoms with Crippen LogP contribution >= 0.6 is 0 Å². The number of esters is 1. The molecule has 1 rings (SSSR count). The first-order chi connectivity index (χ1) is 8.75. The maximum Gasteiger partial charge on any atom is 0.333 e. The van der Waals surface area contributed by atoms with Gasteiger partial charge in [0.2, 0.25) is 5.91 Å². The van der Waals surface area contributed by atoms with E-state index < -0.39 is 17.4 Å². The van der Waals surface area contributed by atoms with E-state index in [1.807, 2.05) is 0 Å². The van der Waals surface area contributed by atoms with Gasteiger partial charge < -0.3 is 15.2 Å². The molecular weight excluding hydrogens is 246 g/mol. The molecule has 1 amide bonds. The summed E-state index contributed by atoms with van der Waals surface area (Å²) < 4.78 is 4.69. The van der Waals surface area contributed by atoms with E-state index in [0.717, 1.165) is 0 Å². The lowest BCUT2D eigenvalue weighted by molar-refractivity contribution is -0.146. The number of ether oxygens (including phenoxy) is 1. The average molecular weight is 265 g/mol. The molecule has 1 atom stereocenters. The zero-order chi connectivity index (χ0) is 14.6. The SMILES string of the molecule is COC(=O)[C@H](NC(=O)C(C)(C)C)c1ccc(O)cc1. The number of methoxy groups -OCH3 is 1. The number of phenolic OH excluding ortho intramolecular Hbond substituents is 1. The molecule has 0 aliphatic rings. The lowest BCUT2D eigenvalue weighted by atomic mass is 9.94. The predicted molar refractivity (Wildman–Crippen MR) is 70.5 cm³/mol. The molecule has 0 bridgehead atoms. The molecule has 0 aromatic heterocycles. The Bertz CT molecular complexity index is 459. The number of carbonyl (C=O) groups is 2. The molecule has 104 valence electrons. The zero-order valence-corrected chi connectivity index (χ0v) is 11.6. The molecule has 5 nitrogen and oxygen atoms in total. The van der Waals surface area contributed by atoms with E-state index in [-0.39, 0.29) is 11.7 Å². The van der Waals surface area contributed by atoms with Crippen LogP contribution in [0.5, 0.6) is 5.75 Å². The van der Waals surface area contributed by atoms with Crippen LogP contribution in [0.25, 0.3) is 0 Å². The smallest absolute Gasteiger partial charge is 0.333 e. The number of amides is 1. The molecule has 1 aromatic carbocycles. The van der Waals surface area contributed by atoms with Gasteiger partial charge in [-0.05, 0) is 17.7 Å². The number of phenols is 1. The average Bonchev–Trinajstić information content (AvgIpc) is 2.35. The Labute approximate surface area is 112 Å². The summed E-state index contributed by atoms with van der Waals surface area (Å²) in [6, 6.07) is 5.17. The lowest BCUT2D eigenvalue weighted by Gasteiger charge is -2.23. The second-order valence-corrected chi connectivity index (χ2v) is 5.27. The minimum Gasteiger partial charge on any atom is -0.508 e. The molecule has 0 heterocycles. The van der Waals surface area contributed by atoms with Gasteiger partial charge in [-0.15, -0.1) is 0 Å². The van der Waals surface area contributed by atoms with E-state index in [2.05, 4.69) is 5.32 Å². The van der Waals surface area contributed by atoms with Crippen molar-refractivity contribution in [1.82, 2.24) is 5.32 Å². The highest BCUT2D eigenvalue weighted by Crippen LogP contribution is 2.21. The van der Waals surface area contributed by atoms with Crippen molar-refractivity contribution in [1.29, 1.82) is 0 Å². The van der Waals surface area contributed by atoms with Crippen molar-refractivity contribution in [2.75, 3.05) is 7.11 Å². The zero-order valence-electron chi connectivity index (χ0n) is 11.6. The number of hydrogen-bond acceptors (Lipinski definition) is 4. The van der Waals surface area contributed by atoms with Crippen LogP contribution in [-0.4, -0.2) is 24.1 Å². The maximum atomic E-state index is 12.0. The predicted octanol–water partition coefficient (Wildman–Crippen LogP) is 1.77. The van der Waals surface area contributed by atoms with Crippen LogP contribution in [-0.2, 0) is 14.3 Å². The number of carbonyl (C=O) groups excluding carboxylic acids is 2. The van der Waals surface area contributed by atoms with E-state index in [1.54, 1.807) is 32.9 Å². The number of aromatic hydroxyl groups is 1. The summed E-state index contributed by atoms with van der Waals surface area (Å²) in [6.45, 7) is 5.27. The summed E-state index contributed by atoms with van der Waals surface area (Å²) in [5, 5.41) is 11.9. The van der Waals surface area contributed by atoms with Crippen molar-refractivity contribution in [3.05, 3.63) is 29.8 Å². The van der Waals surface area contributed by atoms with Gasteiger partial charge in [0.25, 0.3) is 0 Å². The molecule has 1 aromatic rings. The van der Waals surface area contributed by atoms with Gasteiger partial charge in [0.05, 0.1) is 7.11 Å². The van der Waals surface area contributed by atoms with Crippen LogP contribution < -0.4 is 5.32 Å². The van der Waals surface area contributed by atoms with E-state index >= 15 is 0 Å². The van der Waals surface area contributed by atoms with Gasteiger partial charge in [0, 0.05) is 5.41 Å². The topological polar surface area (TPSA) is 75.6 Å². The first-order valence-corrected chi connectivity index (χ1v) is 5.93. The van der Waals surface area contributed by atoms with Gasteiger partial charge in [-0.1, -0.05) is 32.9 Å². The number of nitrogens with one attached hydrogen (secondary N) is 1. The summed E-state index contributed by atoms with van der Waals surface area (Å²) in [6.07, 6.45) is 0. The molecule has 0 aliphatic carbocycles. The van der Waals surface area contributed by atoms with Crippen molar-refractivity contribution in [3.63, 3.8) is 0 Å². The summed E-state index contributed by atoms with van der Waals surface area (Å²) in [7, 11) is 1.26. The van der Waals surface area contributed by atoms with Gasteiger partial charge >= 0.3 is 5.97 Å².